The van der Waals surface area contributed by atoms with Crippen LogP contribution in [0.5, 0.6) is 0 Å². The van der Waals surface area contributed by atoms with Gasteiger partial charge in [-0.15, -0.1) is 24.0 Å². The summed E-state index contributed by atoms with van der Waals surface area (Å²) in [6.07, 6.45) is 1.82. The average molecular weight is 518 g/mol. The van der Waals surface area contributed by atoms with Crippen LogP contribution in [-0.4, -0.2) is 68.1 Å². The summed E-state index contributed by atoms with van der Waals surface area (Å²) < 4.78 is 13.4. The Kier molecular flexibility index (Phi) is 8.93. The number of carbonyl (C=O) groups is 2. The Balaban J connectivity index is 0.00000300. The van der Waals surface area contributed by atoms with Crippen molar-refractivity contribution in [3.05, 3.63) is 30.1 Å². The number of piperidine rings is 1. The third-order valence-corrected chi connectivity index (χ3v) is 4.88. The molecule has 0 aliphatic carbocycles. The fourth-order valence-corrected chi connectivity index (χ4v) is 3.41. The van der Waals surface area contributed by atoms with Gasteiger partial charge in [-0.2, -0.15) is 0 Å². The summed E-state index contributed by atoms with van der Waals surface area (Å²) >= 11 is 0. The van der Waals surface area contributed by atoms with Gasteiger partial charge in [-0.05, 0) is 38.0 Å². The molecule has 8 nitrogen and oxygen atoms in total. The van der Waals surface area contributed by atoms with Gasteiger partial charge in [0.25, 0.3) is 0 Å². The van der Waals surface area contributed by atoms with E-state index in [9.17, 15) is 14.0 Å². The van der Waals surface area contributed by atoms with Crippen LogP contribution in [0.25, 0.3) is 0 Å². The predicted molar refractivity (Wildman–Crippen MR) is 121 cm³/mol. The highest BCUT2D eigenvalue weighted by Gasteiger charge is 2.27. The second kappa shape index (κ2) is 11.2. The predicted octanol–water partition coefficient (Wildman–Crippen LogP) is 1.52. The van der Waals surface area contributed by atoms with Crippen molar-refractivity contribution >= 4 is 47.6 Å². The number of nitrogens with one attached hydrogen (secondary N) is 3. The Morgan fingerprint density at radius 3 is 2.69 bits per heavy atom. The topological polar surface area (TPSA) is 89.1 Å². The monoisotopic (exact) mass is 518 g/mol. The van der Waals surface area contributed by atoms with E-state index in [2.05, 4.69) is 25.8 Å². The van der Waals surface area contributed by atoms with Gasteiger partial charge >= 0.3 is 6.03 Å². The first-order chi connectivity index (χ1) is 13.6. The van der Waals surface area contributed by atoms with Crippen LogP contribution in [0.2, 0.25) is 0 Å². The minimum Gasteiger partial charge on any atom is -0.371 e. The molecule has 0 unspecified atom stereocenters. The van der Waals surface area contributed by atoms with Crippen LogP contribution < -0.4 is 20.9 Å². The summed E-state index contributed by atoms with van der Waals surface area (Å²) in [5, 5.41) is 9.12. The van der Waals surface area contributed by atoms with E-state index in [4.69, 9.17) is 0 Å². The minimum absolute atomic E-state index is 0. The van der Waals surface area contributed by atoms with E-state index in [1.165, 1.54) is 11.0 Å². The summed E-state index contributed by atoms with van der Waals surface area (Å²) in [4.78, 5) is 31.0. The second-order valence-electron chi connectivity index (χ2n) is 6.85. The van der Waals surface area contributed by atoms with Crippen molar-refractivity contribution in [3.63, 3.8) is 0 Å². The van der Waals surface area contributed by atoms with Crippen molar-refractivity contribution in [2.24, 2.45) is 4.99 Å². The molecular formula is C19H28FIN6O2. The van der Waals surface area contributed by atoms with E-state index in [0.29, 0.717) is 12.5 Å². The van der Waals surface area contributed by atoms with Gasteiger partial charge in [0.15, 0.2) is 5.96 Å². The number of rotatable bonds is 6. The zero-order valence-corrected chi connectivity index (χ0v) is 18.8. The lowest BCUT2D eigenvalue weighted by molar-refractivity contribution is -0.124. The molecule has 0 bridgehead atoms. The molecule has 2 aliphatic rings. The average Bonchev–Trinajstić information content (AvgIpc) is 3.01. The van der Waals surface area contributed by atoms with Crippen LogP contribution in [-0.2, 0) is 4.79 Å². The van der Waals surface area contributed by atoms with Crippen molar-refractivity contribution in [2.75, 3.05) is 44.2 Å². The standard InChI is InChI=1S/C19H27FN6O2.HI/c1-2-21-18(22-8-11-26-17(27)13-23-19(26)28)24-15-6-9-25(10-7-15)16-5-3-4-14(20)12-16;/h3-5,12,15H,2,6-11,13H2,1H3,(H,23,28)(H2,21,22,24);1H. The van der Waals surface area contributed by atoms with Crippen LogP contribution in [0.15, 0.2) is 29.3 Å². The molecule has 3 amide bonds. The number of guanidine groups is 1. The first-order valence-corrected chi connectivity index (χ1v) is 9.70. The Bertz CT molecular complexity index is 723. The van der Waals surface area contributed by atoms with Crippen LogP contribution >= 0.6 is 24.0 Å². The molecule has 1 aromatic carbocycles. The van der Waals surface area contributed by atoms with Crippen molar-refractivity contribution < 1.29 is 14.0 Å². The van der Waals surface area contributed by atoms with E-state index in [-0.39, 0.29) is 60.9 Å². The Morgan fingerprint density at radius 1 is 1.31 bits per heavy atom. The number of carbonyl (C=O) groups excluding carboxylic acids is 2. The Labute approximate surface area is 187 Å². The van der Waals surface area contributed by atoms with Gasteiger partial charge in [-0.1, -0.05) is 6.07 Å². The number of anilines is 1. The molecule has 0 radical (unpaired) electrons. The third-order valence-electron chi connectivity index (χ3n) is 4.88. The number of nitrogens with zero attached hydrogens (tertiary/aromatic N) is 3. The number of amides is 3. The molecule has 3 N–H and O–H groups in total. The molecular weight excluding hydrogens is 490 g/mol. The van der Waals surface area contributed by atoms with Crippen LogP contribution in [0.1, 0.15) is 19.8 Å². The molecule has 2 aliphatic heterocycles. The van der Waals surface area contributed by atoms with Crippen molar-refractivity contribution in [1.82, 2.24) is 20.9 Å². The van der Waals surface area contributed by atoms with E-state index in [1.807, 2.05) is 13.0 Å². The molecule has 29 heavy (non-hydrogen) atoms. The molecule has 0 spiro atoms. The Morgan fingerprint density at radius 2 is 2.07 bits per heavy atom. The lowest BCUT2D eigenvalue weighted by Gasteiger charge is -2.34. The highest BCUT2D eigenvalue weighted by Crippen LogP contribution is 2.20. The summed E-state index contributed by atoms with van der Waals surface area (Å²) in [7, 11) is 0. The van der Waals surface area contributed by atoms with E-state index in [1.54, 1.807) is 12.1 Å². The maximum Gasteiger partial charge on any atom is 0.324 e. The number of urea groups is 1. The molecule has 2 heterocycles. The number of halogens is 2. The highest BCUT2D eigenvalue weighted by atomic mass is 127. The Hall–Kier alpha value is -2.11. The first kappa shape index (κ1) is 23.2. The largest absolute Gasteiger partial charge is 0.371 e. The fraction of sp³-hybridized carbons (Fsp3) is 0.526. The van der Waals surface area contributed by atoms with Gasteiger partial charge in [0.2, 0.25) is 5.91 Å². The summed E-state index contributed by atoms with van der Waals surface area (Å²) in [6.45, 7) is 5.05. The smallest absolute Gasteiger partial charge is 0.324 e. The summed E-state index contributed by atoms with van der Waals surface area (Å²) in [6, 6.07) is 6.59. The van der Waals surface area contributed by atoms with Gasteiger partial charge in [-0.25, -0.2) is 9.18 Å². The van der Waals surface area contributed by atoms with Crippen molar-refractivity contribution in [1.29, 1.82) is 0 Å². The lowest BCUT2D eigenvalue weighted by Crippen LogP contribution is -2.49. The molecule has 3 rings (SSSR count). The van der Waals surface area contributed by atoms with Gasteiger partial charge in [0.05, 0.1) is 19.6 Å². The molecule has 0 aromatic heterocycles. The number of imide groups is 1. The quantitative estimate of drug-likeness (QED) is 0.230. The van der Waals surface area contributed by atoms with E-state index in [0.717, 1.165) is 38.2 Å². The lowest BCUT2D eigenvalue weighted by atomic mass is 10.0. The minimum atomic E-state index is -0.358. The number of hydrogen-bond donors (Lipinski definition) is 3. The molecule has 10 heteroatoms. The third kappa shape index (κ3) is 6.44. The second-order valence-corrected chi connectivity index (χ2v) is 6.85. The number of aliphatic imine (C=N–C) groups is 1. The van der Waals surface area contributed by atoms with E-state index < -0.39 is 0 Å². The van der Waals surface area contributed by atoms with Gasteiger partial charge in [0.1, 0.15) is 5.82 Å². The zero-order chi connectivity index (χ0) is 19.9. The first-order valence-electron chi connectivity index (χ1n) is 9.70. The van der Waals surface area contributed by atoms with E-state index >= 15 is 0 Å². The highest BCUT2D eigenvalue weighted by molar-refractivity contribution is 14.0. The van der Waals surface area contributed by atoms with Crippen molar-refractivity contribution in [2.45, 2.75) is 25.8 Å². The molecule has 0 atom stereocenters. The number of benzene rings is 1. The number of hydrogen-bond acceptors (Lipinski definition) is 4. The summed E-state index contributed by atoms with van der Waals surface area (Å²) in [5.74, 6) is 0.242. The maximum atomic E-state index is 13.4. The van der Waals surface area contributed by atoms with Crippen molar-refractivity contribution in [3.8, 4) is 0 Å². The zero-order valence-electron chi connectivity index (χ0n) is 16.5. The van der Waals surface area contributed by atoms with Crippen LogP contribution in [0.4, 0.5) is 14.9 Å². The molecule has 0 saturated carbocycles. The van der Waals surface area contributed by atoms with Gasteiger partial charge in [0, 0.05) is 31.4 Å². The van der Waals surface area contributed by atoms with Crippen LogP contribution in [0, 0.1) is 5.82 Å². The molecule has 1 aromatic rings. The molecule has 2 saturated heterocycles. The SMILES string of the molecule is CCNC(=NCCN1C(=O)CNC1=O)NC1CCN(c2cccc(F)c2)CC1.I. The van der Waals surface area contributed by atoms with Gasteiger partial charge in [-0.3, -0.25) is 14.7 Å². The summed E-state index contributed by atoms with van der Waals surface area (Å²) in [5.41, 5.74) is 0.910. The maximum absolute atomic E-state index is 13.4. The molecule has 160 valence electrons. The van der Waals surface area contributed by atoms with Gasteiger partial charge < -0.3 is 20.9 Å². The van der Waals surface area contributed by atoms with Crippen LogP contribution in [0.3, 0.4) is 0 Å². The fourth-order valence-electron chi connectivity index (χ4n) is 3.41. The normalized spacial score (nSPS) is 17.8. The molecule has 2 fully saturated rings.